The van der Waals surface area contributed by atoms with Gasteiger partial charge in [-0.1, -0.05) is 18.6 Å². The molecule has 0 unspecified atom stereocenters. The van der Waals surface area contributed by atoms with Crippen LogP contribution in [0.3, 0.4) is 0 Å². The third-order valence-corrected chi connectivity index (χ3v) is 4.52. The second kappa shape index (κ2) is 5.48. The van der Waals surface area contributed by atoms with Gasteiger partial charge in [-0.05, 0) is 37.8 Å². The van der Waals surface area contributed by atoms with Crippen molar-refractivity contribution in [2.75, 3.05) is 11.9 Å². The maximum atomic E-state index is 12.4. The summed E-state index contributed by atoms with van der Waals surface area (Å²) in [5.74, 6) is -0.188. The van der Waals surface area contributed by atoms with E-state index in [9.17, 15) is 9.59 Å². The van der Waals surface area contributed by atoms with Crippen molar-refractivity contribution in [3.63, 3.8) is 0 Å². The van der Waals surface area contributed by atoms with Crippen molar-refractivity contribution in [1.82, 2.24) is 5.32 Å². The van der Waals surface area contributed by atoms with E-state index in [2.05, 4.69) is 10.6 Å². The molecule has 2 aliphatic carbocycles. The highest BCUT2D eigenvalue weighted by atomic mass is 16.2. The van der Waals surface area contributed by atoms with Crippen molar-refractivity contribution >= 4 is 17.5 Å². The Morgan fingerprint density at radius 2 is 1.95 bits per heavy atom. The number of benzene rings is 1. The van der Waals surface area contributed by atoms with Crippen LogP contribution in [-0.2, 0) is 4.79 Å². The number of carbonyl (C=O) groups is 2. The number of hydrogen-bond donors (Lipinski definition) is 3. The zero-order chi connectivity index (χ0) is 14.9. The molecule has 0 spiro atoms. The molecule has 2 aliphatic rings. The molecule has 0 atom stereocenters. The second-order valence-electron chi connectivity index (χ2n) is 6.09. The number of para-hydroxylation sites is 1. The number of amides is 2. The van der Waals surface area contributed by atoms with Gasteiger partial charge < -0.3 is 16.4 Å². The van der Waals surface area contributed by atoms with Gasteiger partial charge in [0.25, 0.3) is 5.91 Å². The lowest BCUT2D eigenvalue weighted by Gasteiger charge is -2.39. The highest BCUT2D eigenvalue weighted by Crippen LogP contribution is 2.41. The molecule has 21 heavy (non-hydrogen) atoms. The zero-order valence-electron chi connectivity index (χ0n) is 12.0. The monoisotopic (exact) mass is 287 g/mol. The molecular weight excluding hydrogens is 266 g/mol. The Labute approximate surface area is 124 Å². The average molecular weight is 287 g/mol. The first-order chi connectivity index (χ1) is 10.1. The van der Waals surface area contributed by atoms with Crippen LogP contribution in [0.15, 0.2) is 24.3 Å². The number of nitrogens with one attached hydrogen (secondary N) is 2. The van der Waals surface area contributed by atoms with Crippen molar-refractivity contribution in [2.45, 2.75) is 38.1 Å². The molecule has 4 N–H and O–H groups in total. The highest BCUT2D eigenvalue weighted by molar-refractivity contribution is 6.05. The molecule has 0 bridgehead atoms. The molecule has 112 valence electrons. The molecule has 1 aromatic rings. The van der Waals surface area contributed by atoms with E-state index in [0.29, 0.717) is 23.8 Å². The van der Waals surface area contributed by atoms with E-state index >= 15 is 0 Å². The molecule has 5 heteroatoms. The van der Waals surface area contributed by atoms with Gasteiger partial charge in [-0.15, -0.1) is 0 Å². The maximum absolute atomic E-state index is 12.4. The first-order valence-electron chi connectivity index (χ1n) is 7.56. The van der Waals surface area contributed by atoms with Gasteiger partial charge in [0, 0.05) is 12.6 Å². The molecule has 0 aliphatic heterocycles. The predicted molar refractivity (Wildman–Crippen MR) is 80.9 cm³/mol. The lowest BCUT2D eigenvalue weighted by Crippen LogP contribution is -2.47. The fourth-order valence-electron chi connectivity index (χ4n) is 2.66. The Bertz CT molecular complexity index is 557. The van der Waals surface area contributed by atoms with Gasteiger partial charge in [0.1, 0.15) is 0 Å². The summed E-state index contributed by atoms with van der Waals surface area (Å²) in [5.41, 5.74) is 6.40. The summed E-state index contributed by atoms with van der Waals surface area (Å²) in [7, 11) is 0. The van der Waals surface area contributed by atoms with Gasteiger partial charge in [-0.2, -0.15) is 0 Å². The molecule has 2 fully saturated rings. The molecule has 2 saturated carbocycles. The van der Waals surface area contributed by atoms with E-state index in [-0.39, 0.29) is 11.8 Å². The van der Waals surface area contributed by atoms with Crippen LogP contribution in [0, 0.1) is 5.41 Å². The third kappa shape index (κ3) is 2.78. The van der Waals surface area contributed by atoms with Gasteiger partial charge >= 0.3 is 0 Å². The molecule has 2 amide bonds. The average Bonchev–Trinajstić information content (AvgIpc) is 3.22. The third-order valence-electron chi connectivity index (χ3n) is 4.52. The Morgan fingerprint density at radius 3 is 2.52 bits per heavy atom. The fourth-order valence-corrected chi connectivity index (χ4v) is 2.66. The maximum Gasteiger partial charge on any atom is 0.253 e. The van der Waals surface area contributed by atoms with Crippen LogP contribution in [0.4, 0.5) is 5.69 Å². The topological polar surface area (TPSA) is 84.2 Å². The number of anilines is 1. The number of rotatable bonds is 5. The summed E-state index contributed by atoms with van der Waals surface area (Å²) in [6.45, 7) is 0.356. The predicted octanol–water partition coefficient (Wildman–Crippen LogP) is 1.65. The lowest BCUT2D eigenvalue weighted by molar-refractivity contribution is -0.129. The fraction of sp³-hybridized carbons (Fsp3) is 0.500. The highest BCUT2D eigenvalue weighted by Gasteiger charge is 2.43. The van der Waals surface area contributed by atoms with E-state index in [0.717, 1.165) is 32.1 Å². The molecule has 0 saturated heterocycles. The van der Waals surface area contributed by atoms with Gasteiger partial charge in [-0.3, -0.25) is 9.59 Å². The van der Waals surface area contributed by atoms with Crippen LogP contribution in [0.25, 0.3) is 0 Å². The molecule has 5 nitrogen and oxygen atoms in total. The van der Waals surface area contributed by atoms with Crippen molar-refractivity contribution in [2.24, 2.45) is 11.1 Å². The van der Waals surface area contributed by atoms with Crippen molar-refractivity contribution in [1.29, 1.82) is 0 Å². The van der Waals surface area contributed by atoms with Crippen LogP contribution in [0.2, 0.25) is 0 Å². The van der Waals surface area contributed by atoms with E-state index in [1.807, 2.05) is 6.07 Å². The number of hydrogen-bond acceptors (Lipinski definition) is 3. The lowest BCUT2D eigenvalue weighted by atomic mass is 9.68. The quantitative estimate of drug-likeness (QED) is 0.770. The summed E-state index contributed by atoms with van der Waals surface area (Å²) >= 11 is 0. The van der Waals surface area contributed by atoms with Gasteiger partial charge in [0.15, 0.2) is 0 Å². The van der Waals surface area contributed by atoms with E-state index in [1.165, 1.54) is 0 Å². The van der Waals surface area contributed by atoms with Crippen LogP contribution in [0.5, 0.6) is 0 Å². The first-order valence-corrected chi connectivity index (χ1v) is 7.56. The largest absolute Gasteiger partial charge is 0.349 e. The molecule has 3 rings (SSSR count). The minimum atomic E-state index is -0.444. The zero-order valence-corrected chi connectivity index (χ0v) is 12.0. The first kappa shape index (κ1) is 14.1. The SMILES string of the molecule is NCC1(C(=O)Nc2ccccc2C(=O)NC2CC2)CCC1. The van der Waals surface area contributed by atoms with Crippen molar-refractivity contribution in [3.05, 3.63) is 29.8 Å². The Hall–Kier alpha value is -1.88. The molecule has 0 radical (unpaired) electrons. The van der Waals surface area contributed by atoms with Crippen LogP contribution in [-0.4, -0.2) is 24.4 Å². The Morgan fingerprint density at radius 1 is 1.24 bits per heavy atom. The van der Waals surface area contributed by atoms with Gasteiger partial charge in [-0.25, -0.2) is 0 Å². The standard InChI is InChI=1S/C16H21N3O2/c17-10-16(8-3-9-16)15(21)19-13-5-2-1-4-12(13)14(20)18-11-6-7-11/h1-2,4-5,11H,3,6-10,17H2,(H,18,20)(H,19,21). The smallest absolute Gasteiger partial charge is 0.253 e. The summed E-state index contributed by atoms with van der Waals surface area (Å²) < 4.78 is 0. The molecule has 1 aromatic carbocycles. The summed E-state index contributed by atoms with van der Waals surface area (Å²) in [5, 5.41) is 5.85. The molecule has 0 heterocycles. The van der Waals surface area contributed by atoms with Crippen molar-refractivity contribution < 1.29 is 9.59 Å². The Kier molecular flexibility index (Phi) is 3.68. The van der Waals surface area contributed by atoms with E-state index in [4.69, 9.17) is 5.73 Å². The van der Waals surface area contributed by atoms with Crippen molar-refractivity contribution in [3.8, 4) is 0 Å². The minimum Gasteiger partial charge on any atom is -0.349 e. The van der Waals surface area contributed by atoms with E-state index < -0.39 is 5.41 Å². The molecular formula is C16H21N3O2. The van der Waals surface area contributed by atoms with Crippen LogP contribution < -0.4 is 16.4 Å². The van der Waals surface area contributed by atoms with Gasteiger partial charge in [0.2, 0.25) is 5.91 Å². The Balaban J connectivity index is 1.75. The normalized spacial score (nSPS) is 19.5. The second-order valence-corrected chi connectivity index (χ2v) is 6.09. The summed E-state index contributed by atoms with van der Waals surface area (Å²) in [6.07, 6.45) is 4.76. The minimum absolute atomic E-state index is 0.0667. The summed E-state index contributed by atoms with van der Waals surface area (Å²) in [6, 6.07) is 7.42. The number of carbonyl (C=O) groups excluding carboxylic acids is 2. The number of nitrogens with two attached hydrogens (primary N) is 1. The van der Waals surface area contributed by atoms with Gasteiger partial charge in [0.05, 0.1) is 16.7 Å². The van der Waals surface area contributed by atoms with Crippen LogP contribution >= 0.6 is 0 Å². The van der Waals surface area contributed by atoms with E-state index in [1.54, 1.807) is 18.2 Å². The summed E-state index contributed by atoms with van der Waals surface area (Å²) in [4.78, 5) is 24.6. The molecule has 0 aromatic heterocycles. The van der Waals surface area contributed by atoms with Crippen LogP contribution in [0.1, 0.15) is 42.5 Å².